The van der Waals surface area contributed by atoms with Gasteiger partial charge in [0.15, 0.2) is 12.4 Å². The van der Waals surface area contributed by atoms with Crippen LogP contribution in [-0.4, -0.2) is 82.3 Å². The van der Waals surface area contributed by atoms with Crippen LogP contribution in [0.25, 0.3) is 0 Å². The Morgan fingerprint density at radius 2 is 0.679 bits per heavy atom. The highest BCUT2D eigenvalue weighted by Crippen LogP contribution is 2.19. The van der Waals surface area contributed by atoms with Crippen molar-refractivity contribution in [2.45, 2.75) is 367 Å². The van der Waals surface area contributed by atoms with Crippen molar-refractivity contribution < 1.29 is 42.9 Å². The number of likely N-dealkylation sites (N-methyl/N-ethyl adjacent to an activating group) is 1. The first kappa shape index (κ1) is 81.2. The Morgan fingerprint density at radius 1 is 0.369 bits per heavy atom. The molecule has 0 spiro atoms. The normalized spacial score (nSPS) is 12.9. The molecule has 0 N–H and O–H groups in total. The topological polar surface area (TPSA) is 111 Å². The van der Waals surface area contributed by atoms with E-state index in [-0.39, 0.29) is 32.2 Å². The van der Waals surface area contributed by atoms with Crippen LogP contribution >= 0.6 is 0 Å². The van der Waals surface area contributed by atoms with Crippen LogP contribution in [0.15, 0.2) is 48.6 Å². The fourth-order valence-corrected chi connectivity index (χ4v) is 10.8. The highest BCUT2D eigenvalue weighted by Gasteiger charge is 2.22. The number of carbonyl (C=O) groups excluding carboxylic acids is 3. The van der Waals surface area contributed by atoms with Crippen molar-refractivity contribution in [1.29, 1.82) is 0 Å². The lowest BCUT2D eigenvalue weighted by Gasteiger charge is -2.26. The number of hydrogen-bond acceptors (Lipinski definition) is 8. The van der Waals surface area contributed by atoms with Gasteiger partial charge in [-0.3, -0.25) is 9.59 Å². The van der Waals surface area contributed by atoms with Crippen LogP contribution in [0.3, 0.4) is 0 Å². The lowest BCUT2D eigenvalue weighted by atomic mass is 10.0. The van der Waals surface area contributed by atoms with E-state index in [1.807, 2.05) is 21.1 Å². The van der Waals surface area contributed by atoms with Crippen molar-refractivity contribution >= 4 is 17.9 Å². The molecule has 0 rings (SSSR count). The maximum absolute atomic E-state index is 12.9. The zero-order valence-corrected chi connectivity index (χ0v) is 56.3. The SMILES string of the molecule is CC/C=C\C/C=C\C/C=C\C/C=C\CCCCCCCCC(=O)OC(COC(=O)CCCCCCCCCCCCCCCCCCCCCCCCCCCCCCCCCCCCCCCCCC)COC(OCC[N+](C)(C)C)C(=O)[O-]. The summed E-state index contributed by atoms with van der Waals surface area (Å²) in [5.74, 6) is -2.29. The number of unbranched alkanes of at least 4 members (excludes halogenated alkanes) is 45. The van der Waals surface area contributed by atoms with E-state index in [0.717, 1.165) is 83.5 Å². The average Bonchev–Trinajstić information content (AvgIpc) is 3.55. The molecule has 0 saturated heterocycles. The Kier molecular flexibility index (Phi) is 64.0. The molecule has 2 unspecified atom stereocenters. The maximum atomic E-state index is 12.9. The van der Waals surface area contributed by atoms with Crippen LogP contribution in [0.2, 0.25) is 0 Å². The number of aliphatic carboxylic acids is 1. The van der Waals surface area contributed by atoms with Gasteiger partial charge in [0.05, 0.1) is 40.3 Å². The minimum absolute atomic E-state index is 0.145. The van der Waals surface area contributed by atoms with E-state index in [1.54, 1.807) is 0 Å². The predicted octanol–water partition coefficient (Wildman–Crippen LogP) is 21.2. The van der Waals surface area contributed by atoms with E-state index in [1.165, 1.54) is 238 Å². The van der Waals surface area contributed by atoms with Gasteiger partial charge in [-0.2, -0.15) is 0 Å². The third kappa shape index (κ3) is 66.8. The van der Waals surface area contributed by atoms with Crippen molar-refractivity contribution in [1.82, 2.24) is 0 Å². The number of carboxylic acid groups (broad SMARTS) is 1. The maximum Gasteiger partial charge on any atom is 0.306 e. The van der Waals surface area contributed by atoms with Crippen molar-refractivity contribution in [2.24, 2.45) is 0 Å². The second kappa shape index (κ2) is 66.2. The summed E-state index contributed by atoms with van der Waals surface area (Å²) in [6.45, 7) is 4.67. The number of hydrogen-bond donors (Lipinski definition) is 0. The standard InChI is InChI=1S/C75H139NO8/c1-6-8-10-12-14-16-18-20-22-24-26-27-28-29-30-31-32-33-34-35-36-37-38-39-40-41-42-43-44-45-46-48-49-51-53-55-57-59-61-63-65-72(77)82-69-71(70-83-75(74(79)80)81-68-67-76(3,4)5)84-73(78)66-64-62-60-58-56-54-52-50-47-25-23-21-19-17-15-13-11-9-7-2/h9,11,15,17,21,23,47,50,71,75H,6-8,10,12-14,16,18-20,22,24-46,48-49,51-70H2,1-5H3/b11-9-,17-15-,23-21-,50-47-. The van der Waals surface area contributed by atoms with Gasteiger partial charge in [-0.05, 0) is 51.4 Å². The minimum atomic E-state index is -1.63. The van der Waals surface area contributed by atoms with E-state index in [2.05, 4.69) is 62.5 Å². The molecule has 492 valence electrons. The van der Waals surface area contributed by atoms with Gasteiger partial charge in [0, 0.05) is 12.8 Å². The fraction of sp³-hybridized carbons (Fsp3) is 0.853. The van der Waals surface area contributed by atoms with Crippen LogP contribution < -0.4 is 5.11 Å². The summed E-state index contributed by atoms with van der Waals surface area (Å²) in [5, 5.41) is 11.8. The molecular formula is C75H139NO8. The summed E-state index contributed by atoms with van der Waals surface area (Å²) in [5.41, 5.74) is 0. The molecule has 0 saturated carbocycles. The lowest BCUT2D eigenvalue weighted by Crippen LogP contribution is -2.44. The molecule has 2 atom stereocenters. The van der Waals surface area contributed by atoms with Crippen LogP contribution in [0.1, 0.15) is 354 Å². The molecular weight excluding hydrogens is 1040 g/mol. The summed E-state index contributed by atoms with van der Waals surface area (Å²) >= 11 is 0. The number of carboxylic acids is 1. The molecule has 0 aliphatic heterocycles. The van der Waals surface area contributed by atoms with Gasteiger partial charge in [0.1, 0.15) is 13.2 Å². The van der Waals surface area contributed by atoms with E-state index >= 15 is 0 Å². The largest absolute Gasteiger partial charge is 0.545 e. The van der Waals surface area contributed by atoms with Gasteiger partial charge >= 0.3 is 11.9 Å². The predicted molar refractivity (Wildman–Crippen MR) is 357 cm³/mol. The zero-order chi connectivity index (χ0) is 61.2. The first-order valence-corrected chi connectivity index (χ1v) is 36.3. The molecule has 0 fully saturated rings. The molecule has 0 radical (unpaired) electrons. The Labute approximate surface area is 521 Å². The lowest BCUT2D eigenvalue weighted by molar-refractivity contribution is -0.870. The quantitative estimate of drug-likeness (QED) is 0.0195. The molecule has 0 aromatic carbocycles. The van der Waals surface area contributed by atoms with Crippen molar-refractivity contribution in [3.05, 3.63) is 48.6 Å². The summed E-state index contributed by atoms with van der Waals surface area (Å²) in [6.07, 6.45) is 82.4. The molecule has 0 aromatic rings. The van der Waals surface area contributed by atoms with E-state index < -0.39 is 24.3 Å². The fourth-order valence-electron chi connectivity index (χ4n) is 10.8. The number of quaternary nitrogens is 1. The third-order valence-electron chi connectivity index (χ3n) is 16.3. The van der Waals surface area contributed by atoms with Crippen LogP contribution in [0.4, 0.5) is 0 Å². The van der Waals surface area contributed by atoms with Crippen LogP contribution in [0, 0.1) is 0 Å². The average molecular weight is 1180 g/mol. The van der Waals surface area contributed by atoms with Crippen LogP contribution in [0.5, 0.6) is 0 Å². The summed E-state index contributed by atoms with van der Waals surface area (Å²) in [7, 11) is 5.93. The highest BCUT2D eigenvalue weighted by atomic mass is 16.7. The molecule has 0 bridgehead atoms. The summed E-state index contributed by atoms with van der Waals surface area (Å²) in [6, 6.07) is 0. The molecule has 0 heterocycles. The summed E-state index contributed by atoms with van der Waals surface area (Å²) in [4.78, 5) is 37.4. The molecule has 0 amide bonds. The van der Waals surface area contributed by atoms with Gasteiger partial charge in [0.2, 0.25) is 0 Å². The Hall–Kier alpha value is -2.75. The minimum Gasteiger partial charge on any atom is -0.545 e. The second-order valence-corrected chi connectivity index (χ2v) is 25.9. The number of rotatable bonds is 68. The van der Waals surface area contributed by atoms with E-state index in [0.29, 0.717) is 23.9 Å². The molecule has 0 aliphatic carbocycles. The molecule has 0 aliphatic rings. The number of carbonyl (C=O) groups is 3. The van der Waals surface area contributed by atoms with Crippen molar-refractivity contribution in [2.75, 3.05) is 47.5 Å². The number of allylic oxidation sites excluding steroid dienone is 8. The Morgan fingerprint density at radius 3 is 1.01 bits per heavy atom. The van der Waals surface area contributed by atoms with Crippen molar-refractivity contribution in [3.8, 4) is 0 Å². The third-order valence-corrected chi connectivity index (χ3v) is 16.3. The smallest absolute Gasteiger partial charge is 0.306 e. The van der Waals surface area contributed by atoms with Crippen molar-refractivity contribution in [3.63, 3.8) is 0 Å². The molecule has 84 heavy (non-hydrogen) atoms. The number of ether oxygens (including phenoxy) is 4. The highest BCUT2D eigenvalue weighted by molar-refractivity contribution is 5.70. The Balaban J connectivity index is 3.92. The number of nitrogens with zero attached hydrogens (tertiary/aromatic N) is 1. The van der Waals surface area contributed by atoms with Crippen LogP contribution in [-0.2, 0) is 33.3 Å². The molecule has 9 nitrogen and oxygen atoms in total. The first-order chi connectivity index (χ1) is 41.1. The molecule has 0 aromatic heterocycles. The van der Waals surface area contributed by atoms with Gasteiger partial charge in [-0.25, -0.2) is 0 Å². The second-order valence-electron chi connectivity index (χ2n) is 25.9. The summed E-state index contributed by atoms with van der Waals surface area (Å²) < 4.78 is 22.8. The van der Waals surface area contributed by atoms with Gasteiger partial charge in [-0.1, -0.05) is 339 Å². The zero-order valence-electron chi connectivity index (χ0n) is 56.3. The van der Waals surface area contributed by atoms with Gasteiger partial charge in [0.25, 0.3) is 0 Å². The van der Waals surface area contributed by atoms with Gasteiger partial charge < -0.3 is 33.3 Å². The monoisotopic (exact) mass is 1180 g/mol. The Bertz CT molecular complexity index is 1520. The van der Waals surface area contributed by atoms with Gasteiger partial charge in [-0.15, -0.1) is 0 Å². The van der Waals surface area contributed by atoms with E-state index in [9.17, 15) is 19.5 Å². The van der Waals surface area contributed by atoms with E-state index in [4.69, 9.17) is 18.9 Å². The number of esters is 2. The first-order valence-electron chi connectivity index (χ1n) is 36.3. The molecule has 9 heteroatoms.